The highest BCUT2D eigenvalue weighted by molar-refractivity contribution is 5.77. The summed E-state index contributed by atoms with van der Waals surface area (Å²) in [7, 11) is 1.46. The summed E-state index contributed by atoms with van der Waals surface area (Å²) in [4.78, 5) is 11.1. The second-order valence-electron chi connectivity index (χ2n) is 3.62. The van der Waals surface area contributed by atoms with Gasteiger partial charge in [-0.05, 0) is 31.2 Å². The molecule has 0 radical (unpaired) electrons. The number of hydrogen-bond donors (Lipinski definition) is 1. The smallest absolute Gasteiger partial charge is 0.246 e. The number of amides is 1. The lowest BCUT2D eigenvalue weighted by Gasteiger charge is -2.15. The van der Waals surface area contributed by atoms with E-state index < -0.39 is 0 Å². The van der Waals surface area contributed by atoms with Crippen LogP contribution in [0.25, 0.3) is 0 Å². The van der Waals surface area contributed by atoms with Gasteiger partial charge in [0.1, 0.15) is 24.3 Å². The summed E-state index contributed by atoms with van der Waals surface area (Å²) in [5.74, 6) is 0.0698. The van der Waals surface area contributed by atoms with Crippen LogP contribution in [-0.2, 0) is 9.53 Å². The Morgan fingerprint density at radius 2 is 2.06 bits per heavy atom. The SMILES string of the molecule is COCC(=O)NC[C@@H](C)Oc1ccc(F)cc1. The molecule has 0 heterocycles. The minimum Gasteiger partial charge on any atom is -0.489 e. The molecule has 0 aliphatic heterocycles. The van der Waals surface area contributed by atoms with E-state index in [1.54, 1.807) is 12.1 Å². The molecule has 4 nitrogen and oxygen atoms in total. The van der Waals surface area contributed by atoms with Crippen LogP contribution >= 0.6 is 0 Å². The summed E-state index contributed by atoms with van der Waals surface area (Å²) in [6.45, 7) is 2.22. The summed E-state index contributed by atoms with van der Waals surface area (Å²) >= 11 is 0. The van der Waals surface area contributed by atoms with Crippen LogP contribution in [0.1, 0.15) is 6.92 Å². The first-order valence-corrected chi connectivity index (χ1v) is 5.29. The highest BCUT2D eigenvalue weighted by Crippen LogP contribution is 2.12. The quantitative estimate of drug-likeness (QED) is 0.818. The highest BCUT2D eigenvalue weighted by atomic mass is 19.1. The van der Waals surface area contributed by atoms with Crippen molar-refractivity contribution in [3.63, 3.8) is 0 Å². The zero-order valence-electron chi connectivity index (χ0n) is 9.90. The van der Waals surface area contributed by atoms with Crippen LogP contribution in [0, 0.1) is 5.82 Å². The molecule has 0 saturated carbocycles. The lowest BCUT2D eigenvalue weighted by atomic mass is 10.3. The molecule has 1 amide bonds. The molecule has 1 atom stereocenters. The van der Waals surface area contributed by atoms with E-state index in [0.29, 0.717) is 12.3 Å². The summed E-state index contributed by atoms with van der Waals surface area (Å²) in [5, 5.41) is 2.65. The molecule has 0 fully saturated rings. The average Bonchev–Trinajstić information content (AvgIpc) is 2.30. The largest absolute Gasteiger partial charge is 0.489 e. The molecule has 0 spiro atoms. The fraction of sp³-hybridized carbons (Fsp3) is 0.417. The summed E-state index contributed by atoms with van der Waals surface area (Å²) in [6, 6.07) is 5.74. The highest BCUT2D eigenvalue weighted by Gasteiger charge is 2.06. The van der Waals surface area contributed by atoms with E-state index in [-0.39, 0.29) is 24.4 Å². The van der Waals surface area contributed by atoms with Crippen molar-refractivity contribution in [1.29, 1.82) is 0 Å². The van der Waals surface area contributed by atoms with Crippen molar-refractivity contribution in [3.05, 3.63) is 30.1 Å². The Morgan fingerprint density at radius 3 is 2.65 bits per heavy atom. The van der Waals surface area contributed by atoms with Gasteiger partial charge in [0.2, 0.25) is 5.91 Å². The maximum atomic E-state index is 12.6. The first-order chi connectivity index (χ1) is 8.11. The zero-order valence-corrected chi connectivity index (χ0v) is 9.90. The third-order valence-electron chi connectivity index (χ3n) is 2.01. The molecule has 0 aromatic heterocycles. The van der Waals surface area contributed by atoms with Crippen LogP contribution in [0.3, 0.4) is 0 Å². The lowest BCUT2D eigenvalue weighted by Crippen LogP contribution is -2.35. The minimum absolute atomic E-state index is 0.0310. The number of rotatable bonds is 6. The van der Waals surface area contributed by atoms with Crippen molar-refractivity contribution >= 4 is 5.91 Å². The molecule has 0 bridgehead atoms. The van der Waals surface area contributed by atoms with Gasteiger partial charge in [-0.25, -0.2) is 4.39 Å². The standard InChI is InChI=1S/C12H16FNO3/c1-9(7-14-12(15)8-16-2)17-11-5-3-10(13)4-6-11/h3-6,9H,7-8H2,1-2H3,(H,14,15)/t9-/m1/s1. The van der Waals surface area contributed by atoms with Gasteiger partial charge >= 0.3 is 0 Å². The molecule has 0 aliphatic carbocycles. The Bertz CT molecular complexity index is 353. The molecule has 17 heavy (non-hydrogen) atoms. The summed E-state index contributed by atoms with van der Waals surface area (Å²) in [5.41, 5.74) is 0. The van der Waals surface area contributed by atoms with Gasteiger partial charge in [-0.1, -0.05) is 0 Å². The number of methoxy groups -OCH3 is 1. The van der Waals surface area contributed by atoms with Crippen LogP contribution in [0.2, 0.25) is 0 Å². The normalized spacial score (nSPS) is 11.9. The Labute approximate surface area is 99.7 Å². The fourth-order valence-corrected chi connectivity index (χ4v) is 1.23. The lowest BCUT2D eigenvalue weighted by molar-refractivity contribution is -0.125. The molecule has 0 aliphatic rings. The van der Waals surface area contributed by atoms with Crippen LogP contribution in [-0.4, -0.2) is 32.3 Å². The predicted octanol–water partition coefficient (Wildman–Crippen LogP) is 1.36. The third-order valence-corrected chi connectivity index (χ3v) is 2.01. The first-order valence-electron chi connectivity index (χ1n) is 5.29. The Kier molecular flexibility index (Phi) is 5.42. The summed E-state index contributed by atoms with van der Waals surface area (Å²) in [6.07, 6.45) is -0.193. The van der Waals surface area contributed by atoms with E-state index in [4.69, 9.17) is 4.74 Å². The van der Waals surface area contributed by atoms with Crippen molar-refractivity contribution < 1.29 is 18.7 Å². The molecule has 5 heteroatoms. The van der Waals surface area contributed by atoms with E-state index in [1.807, 2.05) is 6.92 Å². The van der Waals surface area contributed by atoms with Gasteiger partial charge < -0.3 is 14.8 Å². The Balaban J connectivity index is 2.31. The molecule has 94 valence electrons. The maximum absolute atomic E-state index is 12.6. The second kappa shape index (κ2) is 6.85. The third kappa shape index (κ3) is 5.31. The average molecular weight is 241 g/mol. The number of nitrogens with one attached hydrogen (secondary N) is 1. The zero-order chi connectivity index (χ0) is 12.7. The monoisotopic (exact) mass is 241 g/mol. The number of hydrogen-bond acceptors (Lipinski definition) is 3. The van der Waals surface area contributed by atoms with Gasteiger partial charge in [0.05, 0.1) is 6.54 Å². The predicted molar refractivity (Wildman–Crippen MR) is 61.4 cm³/mol. The van der Waals surface area contributed by atoms with E-state index in [2.05, 4.69) is 10.1 Å². The maximum Gasteiger partial charge on any atom is 0.246 e. The number of benzene rings is 1. The van der Waals surface area contributed by atoms with Crippen LogP contribution in [0.4, 0.5) is 4.39 Å². The van der Waals surface area contributed by atoms with Crippen LogP contribution in [0.15, 0.2) is 24.3 Å². The molecule has 1 N–H and O–H groups in total. The number of halogens is 1. The second-order valence-corrected chi connectivity index (χ2v) is 3.62. The molecule has 1 aromatic rings. The molecule has 0 unspecified atom stereocenters. The van der Waals surface area contributed by atoms with Crippen LogP contribution in [0.5, 0.6) is 5.75 Å². The Hall–Kier alpha value is -1.62. The van der Waals surface area contributed by atoms with Gasteiger partial charge in [-0.2, -0.15) is 0 Å². The van der Waals surface area contributed by atoms with Gasteiger partial charge in [0.25, 0.3) is 0 Å². The molecular formula is C12H16FNO3. The molecular weight excluding hydrogens is 225 g/mol. The van der Waals surface area contributed by atoms with Gasteiger partial charge in [-0.15, -0.1) is 0 Å². The Morgan fingerprint density at radius 1 is 1.41 bits per heavy atom. The topological polar surface area (TPSA) is 47.6 Å². The van der Waals surface area contributed by atoms with Crippen molar-refractivity contribution in [1.82, 2.24) is 5.32 Å². The van der Waals surface area contributed by atoms with Gasteiger partial charge in [0.15, 0.2) is 0 Å². The number of carbonyl (C=O) groups excluding carboxylic acids is 1. The van der Waals surface area contributed by atoms with E-state index in [1.165, 1.54) is 19.2 Å². The van der Waals surface area contributed by atoms with Gasteiger partial charge in [-0.3, -0.25) is 4.79 Å². The molecule has 1 rings (SSSR count). The number of carbonyl (C=O) groups is 1. The summed E-state index contributed by atoms with van der Waals surface area (Å²) < 4.78 is 22.8. The first kappa shape index (κ1) is 13.4. The van der Waals surface area contributed by atoms with E-state index >= 15 is 0 Å². The minimum atomic E-state index is -0.307. The van der Waals surface area contributed by atoms with Gasteiger partial charge in [0, 0.05) is 7.11 Å². The molecule has 0 saturated heterocycles. The fourth-order valence-electron chi connectivity index (χ4n) is 1.23. The molecule has 1 aromatic carbocycles. The number of ether oxygens (including phenoxy) is 2. The van der Waals surface area contributed by atoms with Crippen molar-refractivity contribution in [2.45, 2.75) is 13.0 Å². The van der Waals surface area contributed by atoms with Crippen molar-refractivity contribution in [2.24, 2.45) is 0 Å². The van der Waals surface area contributed by atoms with E-state index in [0.717, 1.165) is 0 Å². The van der Waals surface area contributed by atoms with E-state index in [9.17, 15) is 9.18 Å². The van der Waals surface area contributed by atoms with Crippen molar-refractivity contribution in [2.75, 3.05) is 20.3 Å². The van der Waals surface area contributed by atoms with Crippen LogP contribution < -0.4 is 10.1 Å². The van der Waals surface area contributed by atoms with Crippen molar-refractivity contribution in [3.8, 4) is 5.75 Å².